The summed E-state index contributed by atoms with van der Waals surface area (Å²) in [5, 5.41) is 0.269. The van der Waals surface area contributed by atoms with Crippen molar-refractivity contribution in [3.05, 3.63) is 22.3 Å². The van der Waals surface area contributed by atoms with Crippen LogP contribution in [0, 0.1) is 6.92 Å². The average Bonchev–Trinajstić information content (AvgIpc) is 2.51. The van der Waals surface area contributed by atoms with Crippen molar-refractivity contribution in [1.29, 1.82) is 0 Å². The van der Waals surface area contributed by atoms with Gasteiger partial charge < -0.3 is 4.90 Å². The fourth-order valence-corrected chi connectivity index (χ4v) is 2.65. The lowest BCUT2D eigenvalue weighted by atomic mass is 10.3. The molecule has 1 aliphatic heterocycles. The third-order valence-electron chi connectivity index (χ3n) is 2.39. The Labute approximate surface area is 97.4 Å². The van der Waals surface area contributed by atoms with Crippen molar-refractivity contribution < 1.29 is 0 Å². The number of hydrogen-bond donors (Lipinski definition) is 0. The standard InChI is InChI=1S/C10H12BrClN2/c1-7-4-9(11)10(13-5-7)14-3-2-8(12)6-14/h4-5,8H,2-3,6H2,1H3. The van der Waals surface area contributed by atoms with Crippen LogP contribution in [0.4, 0.5) is 5.82 Å². The Hall–Kier alpha value is -0.280. The molecule has 0 spiro atoms. The molecule has 0 aromatic carbocycles. The first-order valence-electron chi connectivity index (χ1n) is 4.68. The molecule has 2 heterocycles. The number of alkyl halides is 1. The van der Waals surface area contributed by atoms with E-state index in [1.807, 2.05) is 13.1 Å². The second-order valence-corrected chi connectivity index (χ2v) is 5.12. The van der Waals surface area contributed by atoms with Crippen LogP contribution in [0.15, 0.2) is 16.7 Å². The maximum Gasteiger partial charge on any atom is 0.142 e. The lowest BCUT2D eigenvalue weighted by molar-refractivity contribution is 0.931. The van der Waals surface area contributed by atoms with E-state index in [-0.39, 0.29) is 5.38 Å². The van der Waals surface area contributed by atoms with E-state index in [1.165, 1.54) is 5.56 Å². The molecular weight excluding hydrogens is 263 g/mol. The summed E-state index contributed by atoms with van der Waals surface area (Å²) in [6.45, 7) is 3.94. The van der Waals surface area contributed by atoms with Gasteiger partial charge in [0.1, 0.15) is 5.82 Å². The second kappa shape index (κ2) is 4.07. The van der Waals surface area contributed by atoms with E-state index in [4.69, 9.17) is 11.6 Å². The molecule has 0 aliphatic carbocycles. The van der Waals surface area contributed by atoms with Crippen LogP contribution in [-0.2, 0) is 0 Å². The molecule has 1 atom stereocenters. The predicted octanol–water partition coefficient (Wildman–Crippen LogP) is 2.97. The minimum absolute atomic E-state index is 0.269. The van der Waals surface area contributed by atoms with Gasteiger partial charge in [-0.15, -0.1) is 11.6 Å². The van der Waals surface area contributed by atoms with E-state index in [0.717, 1.165) is 29.8 Å². The van der Waals surface area contributed by atoms with Gasteiger partial charge in [-0.2, -0.15) is 0 Å². The quantitative estimate of drug-likeness (QED) is 0.733. The SMILES string of the molecule is Cc1cnc(N2CCC(Cl)C2)c(Br)c1. The van der Waals surface area contributed by atoms with Crippen molar-refractivity contribution in [1.82, 2.24) is 4.98 Å². The van der Waals surface area contributed by atoms with E-state index in [2.05, 4.69) is 31.9 Å². The number of hydrogen-bond acceptors (Lipinski definition) is 2. The largest absolute Gasteiger partial charge is 0.354 e. The molecule has 0 bridgehead atoms. The van der Waals surface area contributed by atoms with Gasteiger partial charge in [0.15, 0.2) is 0 Å². The Balaban J connectivity index is 2.24. The summed E-state index contributed by atoms with van der Waals surface area (Å²) in [7, 11) is 0. The average molecular weight is 276 g/mol. The van der Waals surface area contributed by atoms with E-state index in [1.54, 1.807) is 0 Å². The van der Waals surface area contributed by atoms with Gasteiger partial charge in [-0.05, 0) is 40.9 Å². The molecular formula is C10H12BrClN2. The van der Waals surface area contributed by atoms with Crippen LogP contribution < -0.4 is 4.90 Å². The summed E-state index contributed by atoms with van der Waals surface area (Å²) < 4.78 is 1.06. The fourth-order valence-electron chi connectivity index (χ4n) is 1.67. The zero-order valence-electron chi connectivity index (χ0n) is 8.00. The third kappa shape index (κ3) is 2.04. The van der Waals surface area contributed by atoms with Crippen molar-refractivity contribution in [3.8, 4) is 0 Å². The van der Waals surface area contributed by atoms with Crippen LogP contribution in [0.25, 0.3) is 0 Å². The highest BCUT2D eigenvalue weighted by molar-refractivity contribution is 9.10. The molecule has 1 unspecified atom stereocenters. The normalized spacial score (nSPS) is 21.6. The van der Waals surface area contributed by atoms with Crippen LogP contribution >= 0.6 is 27.5 Å². The van der Waals surface area contributed by atoms with Crippen molar-refractivity contribution in [3.63, 3.8) is 0 Å². The Bertz CT molecular complexity index is 343. The molecule has 76 valence electrons. The number of aryl methyl sites for hydroxylation is 1. The van der Waals surface area contributed by atoms with E-state index < -0.39 is 0 Å². The van der Waals surface area contributed by atoms with E-state index in [9.17, 15) is 0 Å². The van der Waals surface area contributed by atoms with Gasteiger partial charge in [0.2, 0.25) is 0 Å². The Morgan fingerprint density at radius 1 is 1.64 bits per heavy atom. The number of pyridine rings is 1. The minimum atomic E-state index is 0.269. The van der Waals surface area contributed by atoms with Gasteiger partial charge in [-0.25, -0.2) is 4.98 Å². The molecule has 2 rings (SSSR count). The second-order valence-electron chi connectivity index (χ2n) is 3.65. The molecule has 0 N–H and O–H groups in total. The number of anilines is 1. The molecule has 0 saturated carbocycles. The summed E-state index contributed by atoms with van der Waals surface area (Å²) >= 11 is 9.59. The zero-order chi connectivity index (χ0) is 10.1. The van der Waals surface area contributed by atoms with Gasteiger partial charge in [0.25, 0.3) is 0 Å². The summed E-state index contributed by atoms with van der Waals surface area (Å²) in [5.41, 5.74) is 1.17. The first kappa shape index (κ1) is 10.2. The highest BCUT2D eigenvalue weighted by Crippen LogP contribution is 2.28. The maximum atomic E-state index is 6.06. The molecule has 1 aromatic heterocycles. The van der Waals surface area contributed by atoms with Crippen molar-refractivity contribution >= 4 is 33.3 Å². The van der Waals surface area contributed by atoms with Gasteiger partial charge in [0.05, 0.1) is 9.85 Å². The molecule has 1 aromatic rings. The van der Waals surface area contributed by atoms with Crippen molar-refractivity contribution in [2.75, 3.05) is 18.0 Å². The van der Waals surface area contributed by atoms with Crippen LogP contribution in [0.5, 0.6) is 0 Å². The first-order valence-corrected chi connectivity index (χ1v) is 5.91. The summed E-state index contributed by atoms with van der Waals surface area (Å²) in [6.07, 6.45) is 2.94. The van der Waals surface area contributed by atoms with Gasteiger partial charge in [-0.1, -0.05) is 0 Å². The van der Waals surface area contributed by atoms with Crippen LogP contribution in [0.3, 0.4) is 0 Å². The maximum absolute atomic E-state index is 6.06. The first-order chi connectivity index (χ1) is 6.66. The summed E-state index contributed by atoms with van der Waals surface area (Å²) in [4.78, 5) is 6.64. The number of aromatic nitrogens is 1. The number of nitrogens with zero attached hydrogens (tertiary/aromatic N) is 2. The molecule has 14 heavy (non-hydrogen) atoms. The predicted molar refractivity (Wildman–Crippen MR) is 63.1 cm³/mol. The number of rotatable bonds is 1. The monoisotopic (exact) mass is 274 g/mol. The summed E-state index contributed by atoms with van der Waals surface area (Å²) in [5.74, 6) is 1.01. The van der Waals surface area contributed by atoms with Gasteiger partial charge >= 0.3 is 0 Å². The van der Waals surface area contributed by atoms with Crippen molar-refractivity contribution in [2.24, 2.45) is 0 Å². The summed E-state index contributed by atoms with van der Waals surface area (Å²) in [6, 6.07) is 2.09. The lowest BCUT2D eigenvalue weighted by Gasteiger charge is -2.18. The molecule has 4 heteroatoms. The highest BCUT2D eigenvalue weighted by Gasteiger charge is 2.22. The van der Waals surface area contributed by atoms with Crippen molar-refractivity contribution in [2.45, 2.75) is 18.7 Å². The highest BCUT2D eigenvalue weighted by atomic mass is 79.9. The zero-order valence-corrected chi connectivity index (χ0v) is 10.3. The van der Waals surface area contributed by atoms with Crippen LogP contribution in [0.1, 0.15) is 12.0 Å². The molecule has 0 radical (unpaired) electrons. The molecule has 1 fully saturated rings. The van der Waals surface area contributed by atoms with Crippen LogP contribution in [0.2, 0.25) is 0 Å². The Morgan fingerprint density at radius 2 is 2.43 bits per heavy atom. The van der Waals surface area contributed by atoms with E-state index in [0.29, 0.717) is 0 Å². The van der Waals surface area contributed by atoms with Gasteiger partial charge in [-0.3, -0.25) is 0 Å². The van der Waals surface area contributed by atoms with E-state index >= 15 is 0 Å². The van der Waals surface area contributed by atoms with Crippen LogP contribution in [-0.4, -0.2) is 23.5 Å². The Kier molecular flexibility index (Phi) is 2.98. The van der Waals surface area contributed by atoms with Gasteiger partial charge in [0, 0.05) is 19.3 Å². The Morgan fingerprint density at radius 3 is 3.00 bits per heavy atom. The molecule has 2 nitrogen and oxygen atoms in total. The topological polar surface area (TPSA) is 16.1 Å². The smallest absolute Gasteiger partial charge is 0.142 e. The molecule has 1 saturated heterocycles. The third-order valence-corrected chi connectivity index (χ3v) is 3.33. The molecule has 1 aliphatic rings. The minimum Gasteiger partial charge on any atom is -0.354 e. The number of halogens is 2. The fraction of sp³-hybridized carbons (Fsp3) is 0.500. The molecule has 0 amide bonds. The lowest BCUT2D eigenvalue weighted by Crippen LogP contribution is -2.21.